The van der Waals surface area contributed by atoms with Gasteiger partial charge in [0.25, 0.3) is 0 Å². The minimum Gasteiger partial charge on any atom is -2.00 e. The van der Waals surface area contributed by atoms with Crippen LogP contribution >= 0.6 is 0 Å². The number of nitrogens with one attached hydrogen (secondary N) is 2. The van der Waals surface area contributed by atoms with E-state index in [2.05, 4.69) is 11.5 Å². The molecule has 4 bridgehead atoms. The monoisotopic (exact) mass is 1460 g/mol. The molecule has 6 aliphatic rings. The third kappa shape index (κ3) is 95.0. The molecule has 360 valence electrons. The molecule has 0 saturated carbocycles. The molecule has 6 fully saturated rings. The van der Waals surface area contributed by atoms with Crippen LogP contribution in [0.5, 0.6) is 0 Å². The van der Waals surface area contributed by atoms with E-state index < -0.39 is 0 Å². The van der Waals surface area contributed by atoms with E-state index in [1.807, 2.05) is 0 Å². The molecule has 0 aromatic carbocycles. The van der Waals surface area contributed by atoms with Crippen molar-refractivity contribution in [3.05, 3.63) is 0 Å². The van der Waals surface area contributed by atoms with Gasteiger partial charge in [-0.15, -0.1) is 0 Å². The molecule has 8 N–H and O–H groups in total. The van der Waals surface area contributed by atoms with Crippen molar-refractivity contribution in [2.45, 2.75) is 37.8 Å². The van der Waals surface area contributed by atoms with Crippen molar-refractivity contribution in [3.63, 3.8) is 0 Å². The Morgan fingerprint density at radius 2 is 0.365 bits per heavy atom. The summed E-state index contributed by atoms with van der Waals surface area (Å²) in [5, 5.41) is 0. The van der Waals surface area contributed by atoms with E-state index in [-0.39, 0.29) is 311 Å². The van der Waals surface area contributed by atoms with Crippen LogP contribution in [0.4, 0.5) is 0 Å². The first-order chi connectivity index (χ1) is 8.72. The van der Waals surface area contributed by atoms with Crippen molar-refractivity contribution in [2.75, 3.05) is 39.3 Å². The molecular weight excluding hydrogens is 1410 g/mol. The molecule has 52 heavy (non-hydrogen) atoms. The van der Waals surface area contributed by atoms with E-state index >= 15 is 0 Å². The maximum absolute atomic E-state index is 4.16. The fourth-order valence-electron chi connectivity index (χ4n) is 4.52. The summed E-state index contributed by atoms with van der Waals surface area (Å²) < 4.78 is 0. The standard InChI is InChI=1S/2C7H14N2.8Mo.26O/c2*8-7-5-9-3-1-6(7)2-4-9;;;;;;;;;;;;;;;;;;;;;;;;;;;;;;;;;;/h2*6-7H,1-5,8H2;;;;;;;;;;;;;;;;;;;;;;;;;;;;;;;;;;/q;;;;;;;;;;26*-2/p+4/t2*7-;;;;;;;;;;;;;;;;;;;;;;;;;;;;;;;;;;/m11................................../s1. The molecule has 2 atom stereocenters. The van der Waals surface area contributed by atoms with Gasteiger partial charge < -0.3 is 164 Å². The van der Waals surface area contributed by atoms with Crippen LogP contribution in [0.2, 0.25) is 0 Å². The van der Waals surface area contributed by atoms with Gasteiger partial charge in [0, 0.05) is 206 Å². The Bertz CT molecular complexity index is 314. The number of fused-ring (bicyclic) bond motifs is 6. The summed E-state index contributed by atoms with van der Waals surface area (Å²) in [4.78, 5) is 3.61. The fraction of sp³-hybridized carbons (Fsp3) is 1.00. The molecule has 6 saturated heterocycles. The summed E-state index contributed by atoms with van der Waals surface area (Å²) in [5.74, 6) is 1.98. The molecule has 6 aliphatic heterocycles. The summed E-state index contributed by atoms with van der Waals surface area (Å²) in [6.45, 7) is 8.41. The molecule has 0 radical (unpaired) electrons. The number of quaternary nitrogens is 4. The normalized spacial score (nSPS) is 17.2. The summed E-state index contributed by atoms with van der Waals surface area (Å²) in [5.41, 5.74) is 8.32. The number of hydrogen-bond acceptors (Lipinski definition) is 0. The van der Waals surface area contributed by atoms with E-state index in [1.165, 1.54) is 65.0 Å². The zero-order valence-electron chi connectivity index (χ0n) is 25.7. The summed E-state index contributed by atoms with van der Waals surface area (Å²) >= 11 is 0. The summed E-state index contributed by atoms with van der Waals surface area (Å²) in [7, 11) is 0. The minimum atomic E-state index is 0. The molecule has 0 amide bonds. The quantitative estimate of drug-likeness (QED) is 0.164. The molecular formula is C14H32Mo8N4O26-48. The Morgan fingerprint density at radius 3 is 0.404 bits per heavy atom. The van der Waals surface area contributed by atoms with E-state index in [1.54, 1.807) is 9.80 Å². The first-order valence-electron chi connectivity index (χ1n) is 8.05. The van der Waals surface area contributed by atoms with Crippen LogP contribution < -0.4 is 21.3 Å². The minimum absolute atomic E-state index is 0. The van der Waals surface area contributed by atoms with Gasteiger partial charge in [-0.3, -0.25) is 0 Å². The van der Waals surface area contributed by atoms with Gasteiger partial charge in [0.1, 0.15) is 25.2 Å². The molecule has 0 unspecified atom stereocenters. The van der Waals surface area contributed by atoms with Gasteiger partial charge in [-0.2, -0.15) is 0 Å². The second-order valence-corrected chi connectivity index (χ2v) is 7.10. The maximum Gasteiger partial charge on any atom is 0.137 e. The van der Waals surface area contributed by atoms with Gasteiger partial charge in [-0.1, -0.05) is 0 Å². The predicted molar refractivity (Wildman–Crippen MR) is 87.8 cm³/mol. The number of piperidine rings is 6. The van der Waals surface area contributed by atoms with E-state index in [4.69, 9.17) is 0 Å². The average Bonchev–Trinajstić information content (AvgIpc) is 2.41. The van der Waals surface area contributed by atoms with Crippen molar-refractivity contribution < 1.29 is 332 Å². The number of hydrogen-bond donors (Lipinski definition) is 4. The summed E-state index contributed by atoms with van der Waals surface area (Å²) in [6.07, 6.45) is 5.79. The van der Waals surface area contributed by atoms with Crippen molar-refractivity contribution in [1.29, 1.82) is 0 Å². The van der Waals surface area contributed by atoms with Crippen molar-refractivity contribution in [2.24, 2.45) is 11.8 Å². The van der Waals surface area contributed by atoms with Gasteiger partial charge in [0.05, 0.1) is 26.2 Å². The van der Waals surface area contributed by atoms with E-state index in [9.17, 15) is 0 Å². The van der Waals surface area contributed by atoms with Gasteiger partial charge >= 0.3 is 0 Å². The second-order valence-electron chi connectivity index (χ2n) is 7.10. The van der Waals surface area contributed by atoms with Gasteiger partial charge in [0.2, 0.25) is 0 Å². The molecule has 30 nitrogen and oxygen atoms in total. The molecule has 6 rings (SSSR count). The Kier molecular flexibility index (Phi) is 876. The van der Waals surface area contributed by atoms with E-state index in [0.717, 1.165) is 23.9 Å². The van der Waals surface area contributed by atoms with Crippen LogP contribution in [0.15, 0.2) is 0 Å². The van der Waals surface area contributed by atoms with Gasteiger partial charge in [-0.05, 0) is 0 Å². The van der Waals surface area contributed by atoms with Crippen LogP contribution in [-0.4, -0.2) is 51.4 Å². The Morgan fingerprint density at radius 1 is 0.250 bits per heavy atom. The maximum atomic E-state index is 4.16. The van der Waals surface area contributed by atoms with Crippen LogP contribution in [0.25, 0.3) is 0 Å². The first kappa shape index (κ1) is 292. The Hall–Kier alpha value is 4.31. The Balaban J connectivity index is -0.00000000310. The smallest absolute Gasteiger partial charge is 0.137 e. The number of rotatable bonds is 0. The molecule has 0 spiro atoms. The average molecular weight is 1440 g/mol. The van der Waals surface area contributed by atoms with Crippen LogP contribution in [0.1, 0.15) is 25.7 Å². The van der Waals surface area contributed by atoms with Crippen LogP contribution in [0, 0.1) is 11.8 Å². The van der Waals surface area contributed by atoms with Gasteiger partial charge in [-0.25, -0.2) is 0 Å². The molecule has 38 heteroatoms. The van der Waals surface area contributed by atoms with E-state index in [0.29, 0.717) is 0 Å². The van der Waals surface area contributed by atoms with Crippen molar-refractivity contribution >= 4 is 0 Å². The molecule has 0 aliphatic carbocycles. The molecule has 0 aromatic heterocycles. The molecule has 6 heterocycles. The first-order valence-corrected chi connectivity index (χ1v) is 8.05. The Labute approximate surface area is 416 Å². The largest absolute Gasteiger partial charge is 2.00 e. The van der Waals surface area contributed by atoms with Crippen LogP contribution in [-0.2, 0) is 311 Å². The van der Waals surface area contributed by atoms with Crippen molar-refractivity contribution in [1.82, 2.24) is 0 Å². The van der Waals surface area contributed by atoms with Crippen molar-refractivity contribution in [3.8, 4) is 0 Å². The topological polar surface area (TPSA) is 805 Å². The predicted octanol–water partition coefficient (Wildman–Crippen LogP) is -7.30. The fourth-order valence-corrected chi connectivity index (χ4v) is 4.52. The third-order valence-electron chi connectivity index (χ3n) is 5.91. The van der Waals surface area contributed by atoms with Gasteiger partial charge in [0.15, 0.2) is 0 Å². The SMILES string of the molecule is [Mo].[Mo].[Mo].[Mo].[Mo].[Mo].[Mo].[Mo].[NH3+][C@@H]1C[NH+]2CCC1CC2.[NH3+][C@@H]1C[NH+]2CCC1CC2.[O-2].[O-2].[O-2].[O-2].[O-2].[O-2].[O-2].[O-2].[O-2].[O-2].[O-2].[O-2].[O-2].[O-2].[O-2].[O-2].[O-2].[O-2].[O-2].[O-2].[O-2].[O-2].[O-2].[O-2].[O-2].[O-2]. The summed E-state index contributed by atoms with van der Waals surface area (Å²) in [6, 6.07) is 1.56. The molecule has 0 aromatic rings. The zero-order chi connectivity index (χ0) is 12.5. The second kappa shape index (κ2) is 156. The van der Waals surface area contributed by atoms with Crippen LogP contribution in [0.3, 0.4) is 0 Å². The zero-order valence-corrected chi connectivity index (χ0v) is 41.7. The third-order valence-corrected chi connectivity index (χ3v) is 5.91.